The molecule has 22 heavy (non-hydrogen) atoms. The second kappa shape index (κ2) is 6.02. The predicted molar refractivity (Wildman–Crippen MR) is 86.0 cm³/mol. The number of carbonyl (C=O) groups is 2. The average Bonchev–Trinajstić information content (AvgIpc) is 2.96. The van der Waals surface area contributed by atoms with E-state index in [9.17, 15) is 9.59 Å². The van der Waals surface area contributed by atoms with Crippen molar-refractivity contribution in [2.24, 2.45) is 0 Å². The Morgan fingerprint density at radius 2 is 1.91 bits per heavy atom. The summed E-state index contributed by atoms with van der Waals surface area (Å²) in [7, 11) is 0. The minimum absolute atomic E-state index is 0.0149. The number of fused-ring (bicyclic) bond motifs is 1. The molecule has 0 fully saturated rings. The Labute approximate surface area is 129 Å². The molecule has 0 saturated carbocycles. The van der Waals surface area contributed by atoms with Crippen LogP contribution in [0.3, 0.4) is 0 Å². The molecule has 0 unspecified atom stereocenters. The lowest BCUT2D eigenvalue weighted by Gasteiger charge is -2.17. The smallest absolute Gasteiger partial charge is 0.251 e. The number of amides is 2. The summed E-state index contributed by atoms with van der Waals surface area (Å²) in [5, 5.41) is 2.69. The molecular weight excluding hydrogens is 276 g/mol. The zero-order chi connectivity index (χ0) is 15.5. The van der Waals surface area contributed by atoms with Crippen molar-refractivity contribution < 1.29 is 9.59 Å². The van der Waals surface area contributed by atoms with Crippen LogP contribution in [-0.4, -0.2) is 24.9 Å². The molecule has 1 N–H and O–H groups in total. The van der Waals surface area contributed by atoms with Gasteiger partial charge >= 0.3 is 0 Å². The molecule has 0 radical (unpaired) electrons. The zero-order valence-corrected chi connectivity index (χ0v) is 12.5. The van der Waals surface area contributed by atoms with Crippen molar-refractivity contribution in [3.8, 4) is 0 Å². The summed E-state index contributed by atoms with van der Waals surface area (Å²) in [5.74, 6) is -0.302. The van der Waals surface area contributed by atoms with Crippen LogP contribution in [0.15, 0.2) is 48.5 Å². The van der Waals surface area contributed by atoms with E-state index < -0.39 is 0 Å². The number of hydrogen-bond acceptors (Lipinski definition) is 2. The van der Waals surface area contributed by atoms with Crippen molar-refractivity contribution in [1.82, 2.24) is 5.32 Å². The van der Waals surface area contributed by atoms with E-state index in [1.54, 1.807) is 29.2 Å². The molecule has 2 aromatic rings. The maximum atomic E-state index is 12.3. The van der Waals surface area contributed by atoms with E-state index in [-0.39, 0.29) is 18.4 Å². The fraction of sp³-hybridized carbons (Fsp3) is 0.222. The van der Waals surface area contributed by atoms with Crippen LogP contribution in [-0.2, 0) is 11.2 Å². The Bertz CT molecular complexity index is 710. The van der Waals surface area contributed by atoms with Gasteiger partial charge in [0.2, 0.25) is 5.91 Å². The molecule has 0 spiro atoms. The SMILES string of the molecule is Cc1ccc2c(c1)CCN2C(=O)CNC(=O)c1ccccc1. The van der Waals surface area contributed by atoms with Gasteiger partial charge in [-0.2, -0.15) is 0 Å². The minimum atomic E-state index is -0.225. The number of nitrogens with zero attached hydrogens (tertiary/aromatic N) is 1. The van der Waals surface area contributed by atoms with E-state index in [1.165, 1.54) is 11.1 Å². The summed E-state index contributed by atoms with van der Waals surface area (Å²) in [6.07, 6.45) is 0.870. The minimum Gasteiger partial charge on any atom is -0.343 e. The molecular formula is C18H18N2O2. The molecule has 0 aromatic heterocycles. The van der Waals surface area contributed by atoms with Crippen molar-refractivity contribution in [3.05, 3.63) is 65.2 Å². The van der Waals surface area contributed by atoms with Crippen molar-refractivity contribution >= 4 is 17.5 Å². The first-order valence-electron chi connectivity index (χ1n) is 7.38. The van der Waals surface area contributed by atoms with Crippen LogP contribution in [0.5, 0.6) is 0 Å². The normalized spacial score (nSPS) is 12.9. The average molecular weight is 294 g/mol. The van der Waals surface area contributed by atoms with Crippen molar-refractivity contribution in [1.29, 1.82) is 0 Å². The molecule has 1 heterocycles. The summed E-state index contributed by atoms with van der Waals surface area (Å²) in [6.45, 7) is 2.74. The molecule has 2 amide bonds. The number of aryl methyl sites for hydroxylation is 1. The van der Waals surface area contributed by atoms with Gasteiger partial charge in [-0.05, 0) is 37.1 Å². The quantitative estimate of drug-likeness (QED) is 0.944. The second-order valence-electron chi connectivity index (χ2n) is 5.48. The highest BCUT2D eigenvalue weighted by Crippen LogP contribution is 2.28. The molecule has 4 heteroatoms. The lowest BCUT2D eigenvalue weighted by Crippen LogP contribution is -2.39. The number of rotatable bonds is 3. The maximum absolute atomic E-state index is 12.3. The van der Waals surface area contributed by atoms with E-state index in [0.717, 1.165) is 12.1 Å². The lowest BCUT2D eigenvalue weighted by molar-refractivity contribution is -0.117. The molecule has 0 bridgehead atoms. The van der Waals surface area contributed by atoms with E-state index in [4.69, 9.17) is 0 Å². The third-order valence-corrected chi connectivity index (χ3v) is 3.87. The van der Waals surface area contributed by atoms with Gasteiger partial charge in [-0.3, -0.25) is 9.59 Å². The Balaban J connectivity index is 1.63. The third-order valence-electron chi connectivity index (χ3n) is 3.87. The molecule has 0 atom stereocenters. The summed E-state index contributed by atoms with van der Waals surface area (Å²) in [6, 6.07) is 15.0. The Hall–Kier alpha value is -2.62. The third kappa shape index (κ3) is 2.86. The largest absolute Gasteiger partial charge is 0.343 e. The summed E-state index contributed by atoms with van der Waals surface area (Å²) in [4.78, 5) is 26.1. The molecule has 0 saturated heterocycles. The van der Waals surface area contributed by atoms with Crippen LogP contribution in [0, 0.1) is 6.92 Å². The van der Waals surface area contributed by atoms with Crippen LogP contribution < -0.4 is 10.2 Å². The molecule has 0 aliphatic carbocycles. The summed E-state index contributed by atoms with van der Waals surface area (Å²) < 4.78 is 0. The maximum Gasteiger partial charge on any atom is 0.251 e. The van der Waals surface area contributed by atoms with Crippen LogP contribution in [0.4, 0.5) is 5.69 Å². The number of hydrogen-bond donors (Lipinski definition) is 1. The predicted octanol–water partition coefficient (Wildman–Crippen LogP) is 2.31. The Kier molecular flexibility index (Phi) is 3.92. The number of carbonyl (C=O) groups excluding carboxylic acids is 2. The van der Waals surface area contributed by atoms with Gasteiger partial charge in [-0.25, -0.2) is 0 Å². The molecule has 112 valence electrons. The van der Waals surface area contributed by atoms with Crippen LogP contribution >= 0.6 is 0 Å². The van der Waals surface area contributed by atoms with E-state index in [1.807, 2.05) is 25.1 Å². The number of anilines is 1. The topological polar surface area (TPSA) is 49.4 Å². The van der Waals surface area contributed by atoms with Crippen molar-refractivity contribution in [2.45, 2.75) is 13.3 Å². The fourth-order valence-electron chi connectivity index (χ4n) is 2.73. The van der Waals surface area contributed by atoms with E-state index >= 15 is 0 Å². The standard InChI is InChI=1S/C18H18N2O2/c1-13-7-8-16-15(11-13)9-10-20(16)17(21)12-19-18(22)14-5-3-2-4-6-14/h2-8,11H,9-10,12H2,1H3,(H,19,22). The van der Waals surface area contributed by atoms with Gasteiger partial charge in [0.25, 0.3) is 5.91 Å². The first-order valence-corrected chi connectivity index (χ1v) is 7.38. The molecule has 2 aromatic carbocycles. The van der Waals surface area contributed by atoms with Crippen LogP contribution in [0.2, 0.25) is 0 Å². The highest BCUT2D eigenvalue weighted by molar-refractivity contribution is 6.01. The van der Waals surface area contributed by atoms with Crippen LogP contribution in [0.1, 0.15) is 21.5 Å². The Morgan fingerprint density at radius 3 is 2.68 bits per heavy atom. The number of benzene rings is 2. The fourth-order valence-corrected chi connectivity index (χ4v) is 2.73. The van der Waals surface area contributed by atoms with Gasteiger partial charge in [0.15, 0.2) is 0 Å². The summed E-state index contributed by atoms with van der Waals surface area (Å²) in [5.41, 5.74) is 3.92. The highest BCUT2D eigenvalue weighted by atomic mass is 16.2. The second-order valence-corrected chi connectivity index (χ2v) is 5.48. The highest BCUT2D eigenvalue weighted by Gasteiger charge is 2.24. The van der Waals surface area contributed by atoms with Gasteiger partial charge < -0.3 is 10.2 Å². The number of nitrogens with one attached hydrogen (secondary N) is 1. The van der Waals surface area contributed by atoms with Gasteiger partial charge in [-0.1, -0.05) is 35.9 Å². The zero-order valence-electron chi connectivity index (χ0n) is 12.5. The molecule has 1 aliphatic rings. The summed E-state index contributed by atoms with van der Waals surface area (Å²) >= 11 is 0. The van der Waals surface area contributed by atoms with E-state index in [2.05, 4.69) is 11.4 Å². The Morgan fingerprint density at radius 1 is 1.14 bits per heavy atom. The molecule has 1 aliphatic heterocycles. The van der Waals surface area contributed by atoms with E-state index in [0.29, 0.717) is 12.1 Å². The molecule has 4 nitrogen and oxygen atoms in total. The van der Waals surface area contributed by atoms with Gasteiger partial charge in [0.1, 0.15) is 0 Å². The van der Waals surface area contributed by atoms with Crippen molar-refractivity contribution in [3.63, 3.8) is 0 Å². The van der Waals surface area contributed by atoms with Gasteiger partial charge in [0.05, 0.1) is 6.54 Å². The van der Waals surface area contributed by atoms with Crippen molar-refractivity contribution in [2.75, 3.05) is 18.0 Å². The molecule has 3 rings (SSSR count). The first-order chi connectivity index (χ1) is 10.6. The van der Waals surface area contributed by atoms with Crippen LogP contribution in [0.25, 0.3) is 0 Å². The lowest BCUT2D eigenvalue weighted by atomic mass is 10.1. The monoisotopic (exact) mass is 294 g/mol. The first kappa shape index (κ1) is 14.3. The van der Waals surface area contributed by atoms with Gasteiger partial charge in [-0.15, -0.1) is 0 Å². The van der Waals surface area contributed by atoms with Gasteiger partial charge in [0, 0.05) is 17.8 Å².